The lowest BCUT2D eigenvalue weighted by Crippen LogP contribution is -2.58. The summed E-state index contributed by atoms with van der Waals surface area (Å²) in [4.78, 5) is 12.1. The highest BCUT2D eigenvalue weighted by atomic mass is 16.2. The van der Waals surface area contributed by atoms with Crippen molar-refractivity contribution in [3.8, 4) is 0 Å². The lowest BCUT2D eigenvalue weighted by atomic mass is 9.74. The first-order valence-corrected chi connectivity index (χ1v) is 7.23. The highest BCUT2D eigenvalue weighted by molar-refractivity contribution is 5.81. The van der Waals surface area contributed by atoms with Crippen LogP contribution >= 0.6 is 0 Å². The number of carbonyl (C=O) groups excluding carboxylic acids is 1. The Labute approximate surface area is 105 Å². The molecule has 0 heterocycles. The van der Waals surface area contributed by atoms with Crippen LogP contribution in [-0.2, 0) is 4.79 Å². The van der Waals surface area contributed by atoms with Gasteiger partial charge in [-0.25, -0.2) is 0 Å². The lowest BCUT2D eigenvalue weighted by molar-refractivity contribution is -0.124. The monoisotopic (exact) mass is 238 g/mol. The lowest BCUT2D eigenvalue weighted by Gasteiger charge is -2.44. The summed E-state index contributed by atoms with van der Waals surface area (Å²) in [5.41, 5.74) is 0.256. The summed E-state index contributed by atoms with van der Waals surface area (Å²) >= 11 is 0. The Morgan fingerprint density at radius 1 is 1.29 bits per heavy atom. The van der Waals surface area contributed by atoms with Crippen LogP contribution in [0, 0.1) is 0 Å². The third-order valence-electron chi connectivity index (χ3n) is 4.60. The second-order valence-electron chi connectivity index (χ2n) is 5.84. The van der Waals surface area contributed by atoms with Gasteiger partial charge in [-0.1, -0.05) is 19.8 Å². The molecule has 0 spiro atoms. The molecule has 98 valence electrons. The molecular formula is C14H26N2O. The van der Waals surface area contributed by atoms with Gasteiger partial charge in [0.25, 0.3) is 0 Å². The summed E-state index contributed by atoms with van der Waals surface area (Å²) in [6.07, 6.45) is 9.76. The van der Waals surface area contributed by atoms with Crippen LogP contribution in [0.4, 0.5) is 0 Å². The van der Waals surface area contributed by atoms with Crippen LogP contribution in [0.5, 0.6) is 0 Å². The zero-order chi connectivity index (χ0) is 12.3. The smallest absolute Gasteiger partial charge is 0.237 e. The Bertz CT molecular complexity index is 262. The van der Waals surface area contributed by atoms with Gasteiger partial charge < -0.3 is 10.6 Å². The van der Waals surface area contributed by atoms with Crippen molar-refractivity contribution in [2.24, 2.45) is 0 Å². The molecule has 0 aliphatic heterocycles. The van der Waals surface area contributed by atoms with Crippen molar-refractivity contribution in [3.05, 3.63) is 0 Å². The summed E-state index contributed by atoms with van der Waals surface area (Å²) in [5, 5.41) is 6.71. The summed E-state index contributed by atoms with van der Waals surface area (Å²) in [6.45, 7) is 4.22. The van der Waals surface area contributed by atoms with Gasteiger partial charge in [-0.2, -0.15) is 0 Å². The quantitative estimate of drug-likeness (QED) is 0.772. The van der Waals surface area contributed by atoms with E-state index in [9.17, 15) is 4.79 Å². The van der Waals surface area contributed by atoms with Gasteiger partial charge in [0.05, 0.1) is 6.04 Å². The predicted molar refractivity (Wildman–Crippen MR) is 69.9 cm³/mol. The van der Waals surface area contributed by atoms with Crippen molar-refractivity contribution in [2.45, 2.75) is 82.8 Å². The fraction of sp³-hybridized carbons (Fsp3) is 0.929. The van der Waals surface area contributed by atoms with Gasteiger partial charge in [-0.05, 0) is 45.4 Å². The molecule has 17 heavy (non-hydrogen) atoms. The van der Waals surface area contributed by atoms with Crippen LogP contribution < -0.4 is 10.6 Å². The van der Waals surface area contributed by atoms with Crippen LogP contribution in [0.3, 0.4) is 0 Å². The molecule has 0 saturated heterocycles. The molecule has 3 heteroatoms. The minimum absolute atomic E-state index is 0.0455. The Kier molecular flexibility index (Phi) is 4.08. The number of hydrogen-bond acceptors (Lipinski definition) is 2. The molecule has 2 N–H and O–H groups in total. The summed E-state index contributed by atoms with van der Waals surface area (Å²) in [5.74, 6) is 0.191. The number of hydrogen-bond donors (Lipinski definition) is 2. The van der Waals surface area contributed by atoms with Crippen LogP contribution in [-0.4, -0.2) is 23.5 Å². The van der Waals surface area contributed by atoms with E-state index in [1.54, 1.807) is 0 Å². The molecule has 0 bridgehead atoms. The van der Waals surface area contributed by atoms with E-state index in [0.29, 0.717) is 6.04 Å². The maximum atomic E-state index is 12.1. The Balaban J connectivity index is 1.78. The van der Waals surface area contributed by atoms with E-state index < -0.39 is 0 Å². The Morgan fingerprint density at radius 3 is 2.41 bits per heavy atom. The molecule has 1 unspecified atom stereocenters. The molecule has 2 rings (SSSR count). The van der Waals surface area contributed by atoms with Crippen LogP contribution in [0.15, 0.2) is 0 Å². The second-order valence-corrected chi connectivity index (χ2v) is 5.84. The first-order chi connectivity index (χ1) is 8.15. The van der Waals surface area contributed by atoms with Crippen molar-refractivity contribution in [3.63, 3.8) is 0 Å². The minimum Gasteiger partial charge on any atom is -0.352 e. The molecule has 0 aromatic heterocycles. The number of nitrogens with one attached hydrogen (secondary N) is 2. The molecule has 0 aromatic carbocycles. The summed E-state index contributed by atoms with van der Waals surface area (Å²) in [7, 11) is 0. The highest BCUT2D eigenvalue weighted by Crippen LogP contribution is 2.35. The minimum atomic E-state index is -0.0455. The number of amides is 1. The van der Waals surface area contributed by atoms with Gasteiger partial charge in [0.1, 0.15) is 0 Å². The van der Waals surface area contributed by atoms with E-state index in [2.05, 4.69) is 17.6 Å². The van der Waals surface area contributed by atoms with Crippen molar-refractivity contribution >= 4 is 5.91 Å². The average molecular weight is 238 g/mol. The molecular weight excluding hydrogens is 212 g/mol. The molecule has 1 amide bonds. The van der Waals surface area contributed by atoms with Gasteiger partial charge in [-0.15, -0.1) is 0 Å². The number of rotatable bonds is 5. The van der Waals surface area contributed by atoms with Gasteiger partial charge in [0, 0.05) is 11.6 Å². The average Bonchev–Trinajstić information content (AvgIpc) is 2.75. The standard InChI is InChI=1S/C14H26N2O/c1-3-14(9-6-10-14)16-11(2)13(17)15-12-7-4-5-8-12/h11-12,16H,3-10H2,1-2H3,(H,15,17). The first kappa shape index (κ1) is 12.9. The highest BCUT2D eigenvalue weighted by Gasteiger charge is 2.37. The largest absolute Gasteiger partial charge is 0.352 e. The van der Waals surface area contributed by atoms with Crippen molar-refractivity contribution in [1.82, 2.24) is 10.6 Å². The van der Waals surface area contributed by atoms with E-state index in [-0.39, 0.29) is 17.5 Å². The molecule has 2 aliphatic carbocycles. The molecule has 2 fully saturated rings. The fourth-order valence-electron chi connectivity index (χ4n) is 3.12. The van der Waals surface area contributed by atoms with Crippen molar-refractivity contribution in [2.75, 3.05) is 0 Å². The molecule has 2 aliphatic rings. The van der Waals surface area contributed by atoms with Crippen LogP contribution in [0.2, 0.25) is 0 Å². The normalized spacial score (nSPS) is 25.3. The molecule has 3 nitrogen and oxygen atoms in total. The van der Waals surface area contributed by atoms with E-state index in [0.717, 1.165) is 19.3 Å². The summed E-state index contributed by atoms with van der Waals surface area (Å²) < 4.78 is 0. The maximum absolute atomic E-state index is 12.1. The van der Waals surface area contributed by atoms with Gasteiger partial charge in [0.15, 0.2) is 0 Å². The van der Waals surface area contributed by atoms with Crippen LogP contribution in [0.1, 0.15) is 65.2 Å². The third-order valence-corrected chi connectivity index (χ3v) is 4.60. The molecule has 0 aromatic rings. The summed E-state index contributed by atoms with van der Waals surface area (Å²) in [6, 6.07) is 0.390. The van der Waals surface area contributed by atoms with E-state index in [4.69, 9.17) is 0 Å². The second kappa shape index (κ2) is 5.38. The van der Waals surface area contributed by atoms with Crippen LogP contribution in [0.25, 0.3) is 0 Å². The Morgan fingerprint density at radius 2 is 1.94 bits per heavy atom. The predicted octanol–water partition coefficient (Wildman–Crippen LogP) is 2.36. The van der Waals surface area contributed by atoms with E-state index >= 15 is 0 Å². The zero-order valence-electron chi connectivity index (χ0n) is 11.2. The zero-order valence-corrected chi connectivity index (χ0v) is 11.2. The van der Waals surface area contributed by atoms with Crippen molar-refractivity contribution in [1.29, 1.82) is 0 Å². The topological polar surface area (TPSA) is 41.1 Å². The first-order valence-electron chi connectivity index (χ1n) is 7.23. The van der Waals surface area contributed by atoms with E-state index in [1.165, 1.54) is 32.1 Å². The fourth-order valence-corrected chi connectivity index (χ4v) is 3.12. The Hall–Kier alpha value is -0.570. The SMILES string of the molecule is CCC1(NC(C)C(=O)NC2CCCC2)CCC1. The van der Waals surface area contributed by atoms with Gasteiger partial charge in [-0.3, -0.25) is 4.79 Å². The molecule has 0 radical (unpaired) electrons. The molecule has 1 atom stereocenters. The number of carbonyl (C=O) groups is 1. The molecule has 2 saturated carbocycles. The third kappa shape index (κ3) is 3.01. The maximum Gasteiger partial charge on any atom is 0.237 e. The van der Waals surface area contributed by atoms with E-state index in [1.807, 2.05) is 6.92 Å². The van der Waals surface area contributed by atoms with Gasteiger partial charge >= 0.3 is 0 Å². The van der Waals surface area contributed by atoms with Gasteiger partial charge in [0.2, 0.25) is 5.91 Å². The van der Waals surface area contributed by atoms with Crippen molar-refractivity contribution < 1.29 is 4.79 Å².